The van der Waals surface area contributed by atoms with Gasteiger partial charge in [-0.25, -0.2) is 0 Å². The van der Waals surface area contributed by atoms with Crippen molar-refractivity contribution in [1.29, 1.82) is 10.5 Å². The number of benzene rings is 8. The predicted octanol–water partition coefficient (Wildman–Crippen LogP) is 11.8. The maximum atomic E-state index is 10.7. The van der Waals surface area contributed by atoms with E-state index in [1.54, 1.807) is 6.07 Å². The van der Waals surface area contributed by atoms with Crippen LogP contribution in [0, 0.1) is 22.7 Å². The highest BCUT2D eigenvalue weighted by Crippen LogP contribution is 2.47. The lowest BCUT2D eigenvalue weighted by Crippen LogP contribution is -2.03. The molecule has 0 saturated carbocycles. The Hall–Kier alpha value is -6.94. The van der Waals surface area contributed by atoms with Crippen molar-refractivity contribution in [3.8, 4) is 51.2 Å². The zero-order chi connectivity index (χ0) is 32.9. The van der Waals surface area contributed by atoms with Crippen LogP contribution in [0.1, 0.15) is 11.1 Å². The highest BCUT2D eigenvalue weighted by atomic mass is 15.0. The maximum absolute atomic E-state index is 10.7. The quantitative estimate of drug-likeness (QED) is 0.184. The molecule has 3 heteroatoms. The van der Waals surface area contributed by atoms with Crippen molar-refractivity contribution in [2.24, 2.45) is 0 Å². The van der Waals surface area contributed by atoms with Gasteiger partial charge in [0.15, 0.2) is 0 Å². The second-order valence-corrected chi connectivity index (χ2v) is 12.3. The average molecular weight is 622 g/mol. The van der Waals surface area contributed by atoms with Crippen LogP contribution in [0.5, 0.6) is 0 Å². The van der Waals surface area contributed by atoms with Crippen molar-refractivity contribution in [2.45, 2.75) is 0 Å². The van der Waals surface area contributed by atoms with Gasteiger partial charge in [-0.05, 0) is 73.6 Å². The number of fused-ring (bicyclic) bond motifs is 5. The number of hydrogen-bond donors (Lipinski definition) is 0. The van der Waals surface area contributed by atoms with Crippen LogP contribution >= 0.6 is 0 Å². The van der Waals surface area contributed by atoms with Crippen molar-refractivity contribution < 1.29 is 0 Å². The van der Waals surface area contributed by atoms with Gasteiger partial charge in [0, 0.05) is 16.3 Å². The second-order valence-electron chi connectivity index (χ2n) is 12.3. The predicted molar refractivity (Wildman–Crippen MR) is 202 cm³/mol. The van der Waals surface area contributed by atoms with Crippen molar-refractivity contribution in [3.05, 3.63) is 175 Å². The summed E-state index contributed by atoms with van der Waals surface area (Å²) in [5.74, 6) is 0. The van der Waals surface area contributed by atoms with Gasteiger partial charge >= 0.3 is 0 Å². The molecule has 0 spiro atoms. The van der Waals surface area contributed by atoms with Crippen LogP contribution in [0.15, 0.2) is 164 Å². The largest absolute Gasteiger partial charge is 0.307 e. The lowest BCUT2D eigenvalue weighted by Gasteiger charge is -2.22. The van der Waals surface area contributed by atoms with Crippen LogP contribution < -0.4 is 0 Å². The van der Waals surface area contributed by atoms with E-state index in [9.17, 15) is 10.5 Å². The zero-order valence-corrected chi connectivity index (χ0v) is 26.4. The Kier molecular flexibility index (Phi) is 6.58. The number of aromatic nitrogens is 1. The Morgan fingerprint density at radius 1 is 0.388 bits per heavy atom. The van der Waals surface area contributed by atoms with Crippen LogP contribution in [0.4, 0.5) is 0 Å². The number of rotatable bonds is 4. The average Bonchev–Trinajstić information content (AvgIpc) is 3.50. The number of hydrogen-bond acceptors (Lipinski definition) is 2. The Balaban J connectivity index is 1.43. The molecule has 8 aromatic carbocycles. The molecule has 0 aliphatic carbocycles. The molecule has 0 unspecified atom stereocenters. The molecule has 3 nitrogen and oxygen atoms in total. The van der Waals surface area contributed by atoms with Crippen molar-refractivity contribution in [2.75, 3.05) is 0 Å². The molecule has 226 valence electrons. The van der Waals surface area contributed by atoms with Gasteiger partial charge in [-0.2, -0.15) is 10.5 Å². The molecule has 0 N–H and O–H groups in total. The van der Waals surface area contributed by atoms with Crippen LogP contribution in [-0.2, 0) is 0 Å². The van der Waals surface area contributed by atoms with E-state index in [1.807, 2.05) is 24.3 Å². The molecule has 1 aromatic heterocycles. The molecular formula is C46H27N3. The third-order valence-electron chi connectivity index (χ3n) is 9.64. The van der Waals surface area contributed by atoms with Gasteiger partial charge in [-0.15, -0.1) is 0 Å². The van der Waals surface area contributed by atoms with E-state index in [4.69, 9.17) is 0 Å². The van der Waals surface area contributed by atoms with E-state index in [0.717, 1.165) is 60.5 Å². The highest BCUT2D eigenvalue weighted by Gasteiger charge is 2.24. The molecule has 0 aliphatic heterocycles. The zero-order valence-electron chi connectivity index (χ0n) is 26.4. The van der Waals surface area contributed by atoms with E-state index < -0.39 is 0 Å². The van der Waals surface area contributed by atoms with E-state index in [0.29, 0.717) is 11.1 Å². The summed E-state index contributed by atoms with van der Waals surface area (Å²) in [6.07, 6.45) is 0. The van der Waals surface area contributed by atoms with Crippen molar-refractivity contribution in [3.63, 3.8) is 0 Å². The van der Waals surface area contributed by atoms with Crippen molar-refractivity contribution >= 4 is 43.4 Å². The molecular weight excluding hydrogens is 595 g/mol. The van der Waals surface area contributed by atoms with E-state index in [-0.39, 0.29) is 0 Å². The Morgan fingerprint density at radius 3 is 1.41 bits per heavy atom. The minimum Gasteiger partial charge on any atom is -0.307 e. The SMILES string of the molecule is N#Cc1cc(C#N)c(-n2c3ccccc3c3ccccc32)c(-c2ccccc2-c2c3ccccc3c(-c3ccccc3)c3ccccc23)c1. The summed E-state index contributed by atoms with van der Waals surface area (Å²) < 4.78 is 2.20. The number of para-hydroxylation sites is 2. The van der Waals surface area contributed by atoms with Gasteiger partial charge < -0.3 is 4.57 Å². The smallest absolute Gasteiger partial charge is 0.101 e. The normalized spacial score (nSPS) is 11.2. The van der Waals surface area contributed by atoms with Gasteiger partial charge in [0.05, 0.1) is 33.9 Å². The third-order valence-corrected chi connectivity index (χ3v) is 9.64. The van der Waals surface area contributed by atoms with E-state index in [2.05, 4.69) is 150 Å². The first-order valence-corrected chi connectivity index (χ1v) is 16.3. The van der Waals surface area contributed by atoms with Crippen LogP contribution in [0.25, 0.3) is 82.4 Å². The van der Waals surface area contributed by atoms with E-state index >= 15 is 0 Å². The molecule has 1 heterocycles. The molecule has 0 atom stereocenters. The fourth-order valence-corrected chi connectivity index (χ4v) is 7.66. The molecule has 9 aromatic rings. The summed E-state index contributed by atoms with van der Waals surface area (Å²) in [5.41, 5.74) is 9.99. The van der Waals surface area contributed by atoms with Gasteiger partial charge in [0.2, 0.25) is 0 Å². The summed E-state index contributed by atoms with van der Waals surface area (Å²) in [6.45, 7) is 0. The van der Waals surface area contributed by atoms with Crippen LogP contribution in [-0.4, -0.2) is 4.57 Å². The molecule has 0 fully saturated rings. The van der Waals surface area contributed by atoms with Gasteiger partial charge in [-0.1, -0.05) is 140 Å². The molecule has 0 aliphatic rings. The Bertz CT molecular complexity index is 2740. The highest BCUT2D eigenvalue weighted by molar-refractivity contribution is 6.22. The second kappa shape index (κ2) is 11.4. The van der Waals surface area contributed by atoms with Crippen LogP contribution in [0.3, 0.4) is 0 Å². The van der Waals surface area contributed by atoms with Gasteiger partial charge in [-0.3, -0.25) is 0 Å². The fourth-order valence-electron chi connectivity index (χ4n) is 7.66. The number of nitrogens with zero attached hydrogens (tertiary/aromatic N) is 3. The summed E-state index contributed by atoms with van der Waals surface area (Å²) in [4.78, 5) is 0. The fraction of sp³-hybridized carbons (Fsp3) is 0. The molecule has 0 radical (unpaired) electrons. The Morgan fingerprint density at radius 2 is 0.857 bits per heavy atom. The summed E-state index contributed by atoms with van der Waals surface area (Å²) >= 11 is 0. The summed E-state index contributed by atoms with van der Waals surface area (Å²) in [7, 11) is 0. The summed E-state index contributed by atoms with van der Waals surface area (Å²) in [5, 5.41) is 27.8. The van der Waals surface area contributed by atoms with Crippen molar-refractivity contribution in [1.82, 2.24) is 4.57 Å². The monoisotopic (exact) mass is 621 g/mol. The number of nitriles is 2. The Labute approximate surface area is 283 Å². The first-order chi connectivity index (χ1) is 24.3. The molecule has 49 heavy (non-hydrogen) atoms. The molecule has 0 amide bonds. The molecule has 0 saturated heterocycles. The van der Waals surface area contributed by atoms with Gasteiger partial charge in [0.25, 0.3) is 0 Å². The first kappa shape index (κ1) is 28.3. The van der Waals surface area contributed by atoms with E-state index in [1.165, 1.54) is 21.9 Å². The van der Waals surface area contributed by atoms with Crippen LogP contribution in [0.2, 0.25) is 0 Å². The molecule has 0 bridgehead atoms. The third kappa shape index (κ3) is 4.35. The minimum atomic E-state index is 0.444. The topological polar surface area (TPSA) is 52.5 Å². The lowest BCUT2D eigenvalue weighted by atomic mass is 9.83. The minimum absolute atomic E-state index is 0.444. The van der Waals surface area contributed by atoms with Gasteiger partial charge in [0.1, 0.15) is 6.07 Å². The standard InChI is InChI=1S/C46H27N3/c47-28-30-26-32(29-48)46(49-42-24-12-10-17-34(42)35-18-11-13-25-43(35)49)41(27-30)33-16-4-5-19-36(33)45-39-22-8-6-20-37(39)44(31-14-2-1-3-15-31)38-21-7-9-23-40(38)45/h1-27H. The summed E-state index contributed by atoms with van der Waals surface area (Å²) in [6, 6.07) is 61.4. The maximum Gasteiger partial charge on any atom is 0.101 e. The molecule has 9 rings (SSSR count). The first-order valence-electron chi connectivity index (χ1n) is 16.3. The lowest BCUT2D eigenvalue weighted by molar-refractivity contribution is 1.17.